The lowest BCUT2D eigenvalue weighted by molar-refractivity contribution is 0.0487. The minimum absolute atomic E-state index is 0.0951. The number of nitrogens with one attached hydrogen (secondary N) is 1. The number of methoxy groups -OCH3 is 1. The fraction of sp³-hybridized carbons (Fsp3) is 0.360. The third-order valence-corrected chi connectivity index (χ3v) is 6.86. The Morgan fingerprint density at radius 2 is 1.78 bits per heavy atom. The minimum Gasteiger partial charge on any atom is -0.497 e. The van der Waals surface area contributed by atoms with E-state index in [0.717, 1.165) is 35.7 Å². The van der Waals surface area contributed by atoms with Crippen LogP contribution in [-0.2, 0) is 10.2 Å². The van der Waals surface area contributed by atoms with Gasteiger partial charge in [-0.2, -0.15) is 5.10 Å². The molecule has 1 saturated heterocycles. The number of aryl methyl sites for hydroxylation is 1. The number of amides is 1. The molecule has 0 spiro atoms. The molecule has 2 heterocycles. The molecule has 2 aromatic carbocycles. The average molecular weight is 454 g/mol. The van der Waals surface area contributed by atoms with E-state index < -0.39 is 0 Å². The third-order valence-electron chi connectivity index (χ3n) is 6.32. The number of nitrogens with zero attached hydrogens (tertiary/aromatic N) is 2. The zero-order valence-electron chi connectivity index (χ0n) is 18.7. The Morgan fingerprint density at radius 3 is 2.34 bits per heavy atom. The van der Waals surface area contributed by atoms with Crippen molar-refractivity contribution in [2.75, 3.05) is 26.9 Å². The van der Waals surface area contributed by atoms with E-state index in [1.807, 2.05) is 50.2 Å². The molecule has 0 atom stereocenters. The summed E-state index contributed by atoms with van der Waals surface area (Å²) < 4.78 is 12.7. The SMILES string of the molecule is COc1ccc(C2(CNC(=O)c3ccc(-n4nc(C)c(Cl)c4C)cc3)CCOCC2)cc1. The first-order valence-corrected chi connectivity index (χ1v) is 11.1. The standard InChI is InChI=1S/C25H28ClN3O3/c1-17-23(26)18(2)29(28-17)21-8-4-19(5-9-21)24(30)27-16-25(12-14-32-15-13-25)20-6-10-22(31-3)11-7-20/h4-11H,12-16H2,1-3H3,(H,27,30). The highest BCUT2D eigenvalue weighted by atomic mass is 35.5. The molecular formula is C25H28ClN3O3. The van der Waals surface area contributed by atoms with E-state index in [0.29, 0.717) is 30.3 Å². The van der Waals surface area contributed by atoms with Crippen molar-refractivity contribution in [3.8, 4) is 11.4 Å². The van der Waals surface area contributed by atoms with Crippen LogP contribution in [0.15, 0.2) is 48.5 Å². The Balaban J connectivity index is 1.49. The van der Waals surface area contributed by atoms with Crippen molar-refractivity contribution in [3.05, 3.63) is 76.1 Å². The molecule has 1 fully saturated rings. The van der Waals surface area contributed by atoms with Gasteiger partial charge in [-0.05, 0) is 68.7 Å². The predicted octanol–water partition coefficient (Wildman–Crippen LogP) is 4.63. The van der Waals surface area contributed by atoms with E-state index in [9.17, 15) is 4.79 Å². The molecule has 0 radical (unpaired) electrons. The summed E-state index contributed by atoms with van der Waals surface area (Å²) >= 11 is 6.26. The first kappa shape index (κ1) is 22.4. The van der Waals surface area contributed by atoms with Crippen molar-refractivity contribution in [1.82, 2.24) is 15.1 Å². The quantitative estimate of drug-likeness (QED) is 0.591. The number of carbonyl (C=O) groups excluding carboxylic acids is 1. The van der Waals surface area contributed by atoms with Gasteiger partial charge in [0.15, 0.2) is 0 Å². The summed E-state index contributed by atoms with van der Waals surface area (Å²) in [5.41, 5.74) is 4.18. The van der Waals surface area contributed by atoms with Crippen molar-refractivity contribution in [2.45, 2.75) is 32.1 Å². The van der Waals surface area contributed by atoms with Crippen molar-refractivity contribution >= 4 is 17.5 Å². The second-order valence-electron chi connectivity index (χ2n) is 8.25. The molecule has 0 aliphatic carbocycles. The molecule has 3 aromatic rings. The lowest BCUT2D eigenvalue weighted by Gasteiger charge is -2.38. The molecule has 1 aliphatic heterocycles. The summed E-state index contributed by atoms with van der Waals surface area (Å²) in [6, 6.07) is 15.5. The minimum atomic E-state index is -0.152. The van der Waals surface area contributed by atoms with Crippen LogP contribution in [0.5, 0.6) is 5.75 Å². The maximum atomic E-state index is 12.9. The number of rotatable bonds is 6. The van der Waals surface area contributed by atoms with Crippen LogP contribution in [0.1, 0.15) is 40.2 Å². The fourth-order valence-corrected chi connectivity index (χ4v) is 4.37. The van der Waals surface area contributed by atoms with E-state index in [4.69, 9.17) is 21.1 Å². The Labute approximate surface area is 193 Å². The zero-order valence-corrected chi connectivity index (χ0v) is 19.4. The Hall–Kier alpha value is -2.83. The summed E-state index contributed by atoms with van der Waals surface area (Å²) in [5.74, 6) is 0.728. The van der Waals surface area contributed by atoms with Crippen LogP contribution in [0.25, 0.3) is 5.69 Å². The number of ether oxygens (including phenoxy) is 2. The van der Waals surface area contributed by atoms with Gasteiger partial charge < -0.3 is 14.8 Å². The summed E-state index contributed by atoms with van der Waals surface area (Å²) in [7, 11) is 1.66. The van der Waals surface area contributed by atoms with Crippen LogP contribution < -0.4 is 10.1 Å². The summed E-state index contributed by atoms with van der Waals surface area (Å²) in [6.07, 6.45) is 1.72. The Kier molecular flexibility index (Phi) is 6.53. The van der Waals surface area contributed by atoms with Crippen LogP contribution in [0.3, 0.4) is 0 Å². The topological polar surface area (TPSA) is 65.4 Å². The van der Waals surface area contributed by atoms with E-state index in [-0.39, 0.29) is 11.3 Å². The lowest BCUT2D eigenvalue weighted by Crippen LogP contribution is -2.44. The van der Waals surface area contributed by atoms with Crippen LogP contribution >= 0.6 is 11.6 Å². The van der Waals surface area contributed by atoms with Gasteiger partial charge in [-0.1, -0.05) is 23.7 Å². The average Bonchev–Trinajstić information content (AvgIpc) is 3.10. The van der Waals surface area contributed by atoms with Gasteiger partial charge in [0.1, 0.15) is 5.75 Å². The number of benzene rings is 2. The molecule has 4 rings (SSSR count). The molecule has 1 aliphatic rings. The first-order valence-electron chi connectivity index (χ1n) is 10.8. The zero-order chi connectivity index (χ0) is 22.7. The third kappa shape index (κ3) is 4.38. The maximum absolute atomic E-state index is 12.9. The van der Waals surface area contributed by atoms with Crippen LogP contribution in [0, 0.1) is 13.8 Å². The monoisotopic (exact) mass is 453 g/mol. The normalized spacial score (nSPS) is 15.4. The van der Waals surface area contributed by atoms with Gasteiger partial charge in [-0.3, -0.25) is 4.79 Å². The first-order chi connectivity index (χ1) is 15.4. The summed E-state index contributed by atoms with van der Waals surface area (Å²) in [5, 5.41) is 8.28. The van der Waals surface area contributed by atoms with Crippen molar-refractivity contribution in [2.24, 2.45) is 0 Å². The predicted molar refractivity (Wildman–Crippen MR) is 125 cm³/mol. The molecule has 7 heteroatoms. The molecule has 1 amide bonds. The second kappa shape index (κ2) is 9.35. The smallest absolute Gasteiger partial charge is 0.251 e. The van der Waals surface area contributed by atoms with Gasteiger partial charge in [0, 0.05) is 30.7 Å². The molecule has 0 bridgehead atoms. The summed E-state index contributed by atoms with van der Waals surface area (Å²) in [6.45, 7) is 5.72. The molecule has 1 N–H and O–H groups in total. The van der Waals surface area contributed by atoms with Gasteiger partial charge in [0.05, 0.1) is 29.2 Å². The number of hydrogen-bond donors (Lipinski definition) is 1. The molecule has 32 heavy (non-hydrogen) atoms. The van der Waals surface area contributed by atoms with Crippen molar-refractivity contribution < 1.29 is 14.3 Å². The number of halogens is 1. The second-order valence-corrected chi connectivity index (χ2v) is 8.63. The Morgan fingerprint density at radius 1 is 1.12 bits per heavy atom. The van der Waals surface area contributed by atoms with Crippen molar-refractivity contribution in [1.29, 1.82) is 0 Å². The highest BCUT2D eigenvalue weighted by Crippen LogP contribution is 2.35. The lowest BCUT2D eigenvalue weighted by atomic mass is 9.74. The van der Waals surface area contributed by atoms with Crippen molar-refractivity contribution in [3.63, 3.8) is 0 Å². The van der Waals surface area contributed by atoms with Crippen LogP contribution in [0.4, 0.5) is 0 Å². The molecule has 1 aromatic heterocycles. The molecular weight excluding hydrogens is 426 g/mol. The van der Waals surface area contributed by atoms with Crippen LogP contribution in [0.2, 0.25) is 5.02 Å². The number of hydrogen-bond acceptors (Lipinski definition) is 4. The van der Waals surface area contributed by atoms with Gasteiger partial charge in [0.2, 0.25) is 0 Å². The van der Waals surface area contributed by atoms with Gasteiger partial charge in [0.25, 0.3) is 5.91 Å². The van der Waals surface area contributed by atoms with Gasteiger partial charge in [-0.25, -0.2) is 4.68 Å². The molecule has 168 valence electrons. The van der Waals surface area contributed by atoms with Crippen LogP contribution in [-0.4, -0.2) is 42.6 Å². The summed E-state index contributed by atoms with van der Waals surface area (Å²) in [4.78, 5) is 12.9. The van der Waals surface area contributed by atoms with Gasteiger partial charge >= 0.3 is 0 Å². The van der Waals surface area contributed by atoms with E-state index in [1.54, 1.807) is 11.8 Å². The highest BCUT2D eigenvalue weighted by Gasteiger charge is 2.35. The van der Waals surface area contributed by atoms with E-state index >= 15 is 0 Å². The largest absolute Gasteiger partial charge is 0.497 e. The van der Waals surface area contributed by atoms with Gasteiger partial charge in [-0.15, -0.1) is 0 Å². The molecule has 0 saturated carbocycles. The molecule has 0 unspecified atom stereocenters. The fourth-order valence-electron chi connectivity index (χ4n) is 4.25. The number of carbonyl (C=O) groups is 1. The molecule has 6 nitrogen and oxygen atoms in total. The maximum Gasteiger partial charge on any atom is 0.251 e. The highest BCUT2D eigenvalue weighted by molar-refractivity contribution is 6.31. The van der Waals surface area contributed by atoms with E-state index in [2.05, 4.69) is 22.5 Å². The Bertz CT molecular complexity index is 1080. The number of aromatic nitrogens is 2. The van der Waals surface area contributed by atoms with E-state index in [1.165, 1.54) is 5.56 Å².